The van der Waals surface area contributed by atoms with Crippen molar-refractivity contribution in [3.8, 4) is 0 Å². The average molecular weight is 164 g/mol. The molecule has 0 radical (unpaired) electrons. The molecule has 1 heterocycles. The van der Waals surface area contributed by atoms with Gasteiger partial charge < -0.3 is 4.90 Å². The van der Waals surface area contributed by atoms with Crippen molar-refractivity contribution >= 4 is 6.21 Å². The van der Waals surface area contributed by atoms with Crippen molar-refractivity contribution < 1.29 is 0 Å². The van der Waals surface area contributed by atoms with Crippen LogP contribution >= 0.6 is 0 Å². The molecule has 0 N–H and O–H groups in total. The Balaban J connectivity index is 2.84. The third-order valence-electron chi connectivity index (χ3n) is 2.08. The molecule has 0 saturated carbocycles. The minimum absolute atomic E-state index is 0.950. The molecule has 12 heavy (non-hydrogen) atoms. The predicted octanol–water partition coefficient (Wildman–Crippen LogP) is 1.85. The Hall–Kier alpha value is -0.890. The van der Waals surface area contributed by atoms with Gasteiger partial charge >= 0.3 is 0 Å². The number of hydrogen-bond acceptors (Lipinski definition) is 2. The minimum atomic E-state index is 0.950. The van der Waals surface area contributed by atoms with E-state index in [1.165, 1.54) is 11.3 Å². The second-order valence-corrected chi connectivity index (χ2v) is 3.05. The van der Waals surface area contributed by atoms with Gasteiger partial charge in [0.25, 0.3) is 0 Å². The first-order valence-electron chi connectivity index (χ1n) is 4.29. The monoisotopic (exact) mass is 164 g/mol. The van der Waals surface area contributed by atoms with E-state index in [2.05, 4.69) is 23.5 Å². The van der Waals surface area contributed by atoms with Crippen LogP contribution in [0.3, 0.4) is 0 Å². The van der Waals surface area contributed by atoms with Crippen molar-refractivity contribution in [1.29, 1.82) is 0 Å². The molecule has 0 aliphatic carbocycles. The van der Waals surface area contributed by atoms with Crippen LogP contribution in [0.4, 0.5) is 0 Å². The molecule has 0 aromatic rings. The lowest BCUT2D eigenvalue weighted by molar-refractivity contribution is 0.349. The van der Waals surface area contributed by atoms with Gasteiger partial charge in [0.2, 0.25) is 0 Å². The van der Waals surface area contributed by atoms with Crippen LogP contribution < -0.4 is 0 Å². The second-order valence-electron chi connectivity index (χ2n) is 3.05. The van der Waals surface area contributed by atoms with Crippen LogP contribution in [-0.4, -0.2) is 31.3 Å². The standard InChI is InChI=1S/C10H16N2/c1-4-9-6-7-12(3)8-10(9)11-5-2/h4-5H,1,6-8H2,2-3H3. The van der Waals surface area contributed by atoms with Gasteiger partial charge in [-0.3, -0.25) is 4.99 Å². The molecule has 66 valence electrons. The molecular formula is C10H16N2. The first kappa shape index (κ1) is 9.20. The fraction of sp³-hybridized carbons (Fsp3) is 0.500. The zero-order valence-electron chi connectivity index (χ0n) is 7.88. The molecule has 1 aliphatic heterocycles. The number of rotatable bonds is 2. The highest BCUT2D eigenvalue weighted by Crippen LogP contribution is 2.18. The van der Waals surface area contributed by atoms with Crippen molar-refractivity contribution in [2.45, 2.75) is 13.3 Å². The Morgan fingerprint density at radius 2 is 2.33 bits per heavy atom. The molecule has 2 nitrogen and oxygen atoms in total. The molecule has 0 fully saturated rings. The highest BCUT2D eigenvalue weighted by atomic mass is 15.1. The van der Waals surface area contributed by atoms with Crippen LogP contribution in [0.5, 0.6) is 0 Å². The Labute approximate surface area is 74.3 Å². The lowest BCUT2D eigenvalue weighted by Gasteiger charge is -2.24. The summed E-state index contributed by atoms with van der Waals surface area (Å²) in [6.07, 6.45) is 4.85. The van der Waals surface area contributed by atoms with Crippen molar-refractivity contribution in [2.75, 3.05) is 20.1 Å². The first-order chi connectivity index (χ1) is 5.77. The SMILES string of the molecule is C=CC1=C(N=CC)CN(C)CC1. The van der Waals surface area contributed by atoms with Crippen molar-refractivity contribution in [3.63, 3.8) is 0 Å². The van der Waals surface area contributed by atoms with Crippen LogP contribution in [0.25, 0.3) is 0 Å². The molecule has 0 bridgehead atoms. The average Bonchev–Trinajstić information content (AvgIpc) is 2.05. The summed E-state index contributed by atoms with van der Waals surface area (Å²) >= 11 is 0. The summed E-state index contributed by atoms with van der Waals surface area (Å²) in [7, 11) is 2.12. The van der Waals surface area contributed by atoms with E-state index < -0.39 is 0 Å². The van der Waals surface area contributed by atoms with Gasteiger partial charge in [-0.25, -0.2) is 0 Å². The van der Waals surface area contributed by atoms with E-state index in [-0.39, 0.29) is 0 Å². The maximum atomic E-state index is 4.33. The molecule has 0 aromatic heterocycles. The van der Waals surface area contributed by atoms with Crippen molar-refractivity contribution in [3.05, 3.63) is 23.9 Å². The Morgan fingerprint density at radius 1 is 1.58 bits per heavy atom. The van der Waals surface area contributed by atoms with Gasteiger partial charge in [-0.15, -0.1) is 0 Å². The highest BCUT2D eigenvalue weighted by Gasteiger charge is 2.12. The normalized spacial score (nSPS) is 20.5. The van der Waals surface area contributed by atoms with Crippen LogP contribution in [0, 0.1) is 0 Å². The van der Waals surface area contributed by atoms with E-state index >= 15 is 0 Å². The number of aliphatic imine (C=N–C) groups is 1. The minimum Gasteiger partial charge on any atom is -0.300 e. The van der Waals surface area contributed by atoms with E-state index in [4.69, 9.17) is 0 Å². The van der Waals surface area contributed by atoms with Gasteiger partial charge in [-0.2, -0.15) is 0 Å². The smallest absolute Gasteiger partial charge is 0.0571 e. The van der Waals surface area contributed by atoms with Gasteiger partial charge in [0.05, 0.1) is 5.70 Å². The van der Waals surface area contributed by atoms with E-state index in [0.29, 0.717) is 0 Å². The first-order valence-corrected chi connectivity index (χ1v) is 4.29. The molecule has 0 aromatic carbocycles. The molecule has 0 amide bonds. The molecule has 2 heteroatoms. The number of nitrogens with zero attached hydrogens (tertiary/aromatic N) is 2. The number of hydrogen-bond donors (Lipinski definition) is 0. The molecule has 0 spiro atoms. The maximum Gasteiger partial charge on any atom is 0.0571 e. The fourth-order valence-electron chi connectivity index (χ4n) is 1.39. The van der Waals surface area contributed by atoms with E-state index in [0.717, 1.165) is 19.5 Å². The predicted molar refractivity (Wildman–Crippen MR) is 53.5 cm³/mol. The van der Waals surface area contributed by atoms with Crippen LogP contribution in [0.2, 0.25) is 0 Å². The number of allylic oxidation sites excluding steroid dienone is 1. The highest BCUT2D eigenvalue weighted by molar-refractivity contribution is 5.56. The topological polar surface area (TPSA) is 15.6 Å². The summed E-state index contributed by atoms with van der Waals surface area (Å²) in [4.78, 5) is 6.60. The van der Waals surface area contributed by atoms with E-state index in [9.17, 15) is 0 Å². The van der Waals surface area contributed by atoms with Crippen molar-refractivity contribution in [1.82, 2.24) is 4.90 Å². The summed E-state index contributed by atoms with van der Waals surface area (Å²) in [6.45, 7) is 7.80. The molecular weight excluding hydrogens is 148 g/mol. The zero-order valence-corrected chi connectivity index (χ0v) is 7.88. The van der Waals surface area contributed by atoms with Gasteiger partial charge in [-0.05, 0) is 26.0 Å². The molecule has 1 aliphatic rings. The summed E-state index contributed by atoms with van der Waals surface area (Å²) < 4.78 is 0. The third-order valence-corrected chi connectivity index (χ3v) is 2.08. The number of likely N-dealkylation sites (N-methyl/N-ethyl adjacent to an activating group) is 1. The van der Waals surface area contributed by atoms with E-state index in [1.54, 1.807) is 0 Å². The second kappa shape index (κ2) is 4.21. The fourth-order valence-corrected chi connectivity index (χ4v) is 1.39. The quantitative estimate of drug-likeness (QED) is 0.569. The van der Waals surface area contributed by atoms with Crippen LogP contribution in [0.1, 0.15) is 13.3 Å². The van der Waals surface area contributed by atoms with Gasteiger partial charge in [0.1, 0.15) is 0 Å². The lowest BCUT2D eigenvalue weighted by Crippen LogP contribution is -2.27. The van der Waals surface area contributed by atoms with Gasteiger partial charge in [-0.1, -0.05) is 12.7 Å². The summed E-state index contributed by atoms with van der Waals surface area (Å²) in [5, 5.41) is 0. The van der Waals surface area contributed by atoms with Gasteiger partial charge in [0.15, 0.2) is 0 Å². The van der Waals surface area contributed by atoms with E-state index in [1.807, 2.05) is 19.2 Å². The third kappa shape index (κ3) is 2.05. The zero-order chi connectivity index (χ0) is 8.97. The van der Waals surface area contributed by atoms with Crippen molar-refractivity contribution in [2.24, 2.45) is 4.99 Å². The Kier molecular flexibility index (Phi) is 3.23. The largest absolute Gasteiger partial charge is 0.300 e. The van der Waals surface area contributed by atoms with Crippen LogP contribution in [0.15, 0.2) is 28.9 Å². The lowest BCUT2D eigenvalue weighted by atomic mass is 10.1. The Bertz CT molecular complexity index is 226. The summed E-state index contributed by atoms with van der Waals surface area (Å²) in [5.74, 6) is 0. The maximum absolute atomic E-state index is 4.33. The van der Waals surface area contributed by atoms with Crippen LogP contribution in [-0.2, 0) is 0 Å². The summed E-state index contributed by atoms with van der Waals surface area (Å²) in [6, 6.07) is 0. The van der Waals surface area contributed by atoms with Gasteiger partial charge in [0, 0.05) is 19.3 Å². The molecule has 1 rings (SSSR count). The Morgan fingerprint density at radius 3 is 2.92 bits per heavy atom. The summed E-state index contributed by atoms with van der Waals surface area (Å²) in [5.41, 5.74) is 2.47. The molecule has 0 unspecified atom stereocenters. The molecule has 0 saturated heterocycles. The molecule has 0 atom stereocenters.